The van der Waals surface area contributed by atoms with Gasteiger partial charge in [0, 0.05) is 0 Å². The molecule has 0 heterocycles. The maximum atomic E-state index is 9.96. The first-order valence-corrected chi connectivity index (χ1v) is 6.76. The van der Waals surface area contributed by atoms with Crippen LogP contribution in [0.3, 0.4) is 0 Å². The molecule has 92 valence electrons. The molecule has 0 amide bonds. The summed E-state index contributed by atoms with van der Waals surface area (Å²) in [7, 11) is 0. The van der Waals surface area contributed by atoms with E-state index in [2.05, 4.69) is 12.1 Å². The molecule has 2 aliphatic rings. The number of fused-ring (bicyclic) bond motifs is 1. The lowest BCUT2D eigenvalue weighted by Gasteiger charge is -2.26. The van der Waals surface area contributed by atoms with Crippen LogP contribution in [0.25, 0.3) is 0 Å². The van der Waals surface area contributed by atoms with Gasteiger partial charge in [-0.1, -0.05) is 12.5 Å². The Morgan fingerprint density at radius 3 is 2.82 bits per heavy atom. The second-order valence-electron chi connectivity index (χ2n) is 5.38. The summed E-state index contributed by atoms with van der Waals surface area (Å²) in [4.78, 5) is 0. The summed E-state index contributed by atoms with van der Waals surface area (Å²) in [5, 5.41) is 9.96. The molecular formula is C15H20O2. The SMILES string of the molecule is O[C@@H]1CCCc2ccc(OCC3CCC3)cc21. The number of benzene rings is 1. The normalized spacial score (nSPS) is 23.9. The fraction of sp³-hybridized carbons (Fsp3) is 0.600. The molecule has 1 N–H and O–H groups in total. The molecule has 1 fully saturated rings. The van der Waals surface area contributed by atoms with Crippen molar-refractivity contribution >= 4 is 0 Å². The third kappa shape index (κ3) is 2.32. The van der Waals surface area contributed by atoms with Gasteiger partial charge in [-0.2, -0.15) is 0 Å². The van der Waals surface area contributed by atoms with E-state index >= 15 is 0 Å². The van der Waals surface area contributed by atoms with Gasteiger partial charge in [0.25, 0.3) is 0 Å². The Bertz CT molecular complexity index is 396. The molecule has 1 aromatic carbocycles. The van der Waals surface area contributed by atoms with Gasteiger partial charge < -0.3 is 9.84 Å². The van der Waals surface area contributed by atoms with E-state index in [0.29, 0.717) is 0 Å². The minimum Gasteiger partial charge on any atom is -0.493 e. The Morgan fingerprint density at radius 2 is 2.06 bits per heavy atom. The molecule has 1 atom stereocenters. The Labute approximate surface area is 103 Å². The Hall–Kier alpha value is -1.02. The van der Waals surface area contributed by atoms with Crippen molar-refractivity contribution in [1.82, 2.24) is 0 Å². The predicted octanol–water partition coefficient (Wildman–Crippen LogP) is 3.24. The molecule has 2 heteroatoms. The maximum Gasteiger partial charge on any atom is 0.119 e. The third-order valence-corrected chi connectivity index (χ3v) is 4.11. The van der Waals surface area contributed by atoms with Gasteiger partial charge in [0.1, 0.15) is 5.75 Å². The highest BCUT2D eigenvalue weighted by atomic mass is 16.5. The van der Waals surface area contributed by atoms with Crippen LogP contribution < -0.4 is 4.74 Å². The molecule has 17 heavy (non-hydrogen) atoms. The van der Waals surface area contributed by atoms with E-state index < -0.39 is 0 Å². The van der Waals surface area contributed by atoms with E-state index in [9.17, 15) is 5.11 Å². The molecule has 0 radical (unpaired) electrons. The van der Waals surface area contributed by atoms with Gasteiger partial charge in [0.05, 0.1) is 12.7 Å². The van der Waals surface area contributed by atoms with Crippen molar-refractivity contribution in [3.63, 3.8) is 0 Å². The lowest BCUT2D eigenvalue weighted by molar-refractivity contribution is 0.154. The van der Waals surface area contributed by atoms with Gasteiger partial charge in [0.15, 0.2) is 0 Å². The maximum absolute atomic E-state index is 9.96. The third-order valence-electron chi connectivity index (χ3n) is 4.11. The second kappa shape index (κ2) is 4.69. The quantitative estimate of drug-likeness (QED) is 0.867. The standard InChI is InChI=1S/C15H20O2/c16-15-6-2-5-12-7-8-13(9-14(12)15)17-10-11-3-1-4-11/h7-9,11,15-16H,1-6,10H2/t15-/m1/s1. The van der Waals surface area contributed by atoms with Crippen LogP contribution >= 0.6 is 0 Å². The Kier molecular flexibility index (Phi) is 3.06. The lowest BCUT2D eigenvalue weighted by Crippen LogP contribution is -2.19. The van der Waals surface area contributed by atoms with Gasteiger partial charge in [0.2, 0.25) is 0 Å². The first kappa shape index (κ1) is 11.1. The predicted molar refractivity (Wildman–Crippen MR) is 67.2 cm³/mol. The zero-order valence-corrected chi connectivity index (χ0v) is 10.2. The van der Waals surface area contributed by atoms with Gasteiger partial charge in [-0.25, -0.2) is 0 Å². The zero-order valence-electron chi connectivity index (χ0n) is 10.2. The summed E-state index contributed by atoms with van der Waals surface area (Å²) >= 11 is 0. The van der Waals surface area contributed by atoms with E-state index in [1.54, 1.807) is 0 Å². The van der Waals surface area contributed by atoms with E-state index in [1.165, 1.54) is 24.8 Å². The fourth-order valence-corrected chi connectivity index (χ4v) is 2.72. The number of rotatable bonds is 3. The monoisotopic (exact) mass is 232 g/mol. The Balaban J connectivity index is 1.70. The van der Waals surface area contributed by atoms with Crippen LogP contribution in [0.1, 0.15) is 49.3 Å². The Morgan fingerprint density at radius 1 is 1.18 bits per heavy atom. The van der Waals surface area contributed by atoms with Crippen molar-refractivity contribution in [2.75, 3.05) is 6.61 Å². The van der Waals surface area contributed by atoms with Crippen molar-refractivity contribution in [3.05, 3.63) is 29.3 Å². The van der Waals surface area contributed by atoms with Crippen molar-refractivity contribution in [2.45, 2.75) is 44.6 Å². The molecule has 1 aromatic rings. The number of aryl methyl sites for hydroxylation is 1. The van der Waals surface area contributed by atoms with Crippen LogP contribution in [0.15, 0.2) is 18.2 Å². The van der Waals surface area contributed by atoms with Crippen LogP contribution in [0.5, 0.6) is 5.75 Å². The molecule has 0 spiro atoms. The zero-order chi connectivity index (χ0) is 11.7. The highest BCUT2D eigenvalue weighted by Gasteiger charge is 2.20. The van der Waals surface area contributed by atoms with Crippen molar-refractivity contribution in [1.29, 1.82) is 0 Å². The smallest absolute Gasteiger partial charge is 0.119 e. The van der Waals surface area contributed by atoms with Crippen LogP contribution in [0.4, 0.5) is 0 Å². The average molecular weight is 232 g/mol. The summed E-state index contributed by atoms with van der Waals surface area (Å²) in [5.74, 6) is 1.69. The minimum atomic E-state index is -0.286. The highest BCUT2D eigenvalue weighted by Crippen LogP contribution is 2.33. The summed E-state index contributed by atoms with van der Waals surface area (Å²) in [6, 6.07) is 6.21. The fourth-order valence-electron chi connectivity index (χ4n) is 2.72. The number of ether oxygens (including phenoxy) is 1. The van der Waals surface area contributed by atoms with Crippen molar-refractivity contribution < 1.29 is 9.84 Å². The highest BCUT2D eigenvalue weighted by molar-refractivity contribution is 5.38. The van der Waals surface area contributed by atoms with Gasteiger partial charge in [-0.05, 0) is 61.3 Å². The molecule has 0 aromatic heterocycles. The van der Waals surface area contributed by atoms with E-state index in [1.807, 2.05) is 6.07 Å². The first-order chi connectivity index (χ1) is 8.33. The molecular weight excluding hydrogens is 212 g/mol. The largest absolute Gasteiger partial charge is 0.493 e. The first-order valence-electron chi connectivity index (χ1n) is 6.76. The molecule has 0 saturated heterocycles. The van der Waals surface area contributed by atoms with Gasteiger partial charge in [-0.15, -0.1) is 0 Å². The number of aliphatic hydroxyl groups excluding tert-OH is 1. The average Bonchev–Trinajstić information content (AvgIpc) is 2.28. The van der Waals surface area contributed by atoms with E-state index in [0.717, 1.165) is 43.1 Å². The number of hydrogen-bond acceptors (Lipinski definition) is 2. The molecule has 3 rings (SSSR count). The molecule has 2 nitrogen and oxygen atoms in total. The molecule has 0 unspecified atom stereocenters. The van der Waals surface area contributed by atoms with Gasteiger partial charge in [-0.3, -0.25) is 0 Å². The minimum absolute atomic E-state index is 0.286. The van der Waals surface area contributed by atoms with Crippen LogP contribution in [-0.2, 0) is 6.42 Å². The van der Waals surface area contributed by atoms with Gasteiger partial charge >= 0.3 is 0 Å². The van der Waals surface area contributed by atoms with Crippen molar-refractivity contribution in [3.8, 4) is 5.75 Å². The number of hydrogen-bond donors (Lipinski definition) is 1. The second-order valence-corrected chi connectivity index (χ2v) is 5.38. The van der Waals surface area contributed by atoms with Crippen LogP contribution in [0, 0.1) is 5.92 Å². The molecule has 0 aliphatic heterocycles. The van der Waals surface area contributed by atoms with Crippen molar-refractivity contribution in [2.24, 2.45) is 5.92 Å². The summed E-state index contributed by atoms with van der Waals surface area (Å²) in [6.45, 7) is 0.842. The molecule has 0 bridgehead atoms. The van der Waals surface area contributed by atoms with Crippen LogP contribution in [-0.4, -0.2) is 11.7 Å². The molecule has 2 aliphatic carbocycles. The molecule has 1 saturated carbocycles. The van der Waals surface area contributed by atoms with E-state index in [-0.39, 0.29) is 6.10 Å². The number of aliphatic hydroxyl groups is 1. The van der Waals surface area contributed by atoms with Crippen LogP contribution in [0.2, 0.25) is 0 Å². The van der Waals surface area contributed by atoms with E-state index in [4.69, 9.17) is 4.74 Å². The topological polar surface area (TPSA) is 29.5 Å². The summed E-state index contributed by atoms with van der Waals surface area (Å²) in [6.07, 6.45) is 6.77. The summed E-state index contributed by atoms with van der Waals surface area (Å²) in [5.41, 5.74) is 2.38. The summed E-state index contributed by atoms with van der Waals surface area (Å²) < 4.78 is 5.81. The lowest BCUT2D eigenvalue weighted by atomic mass is 9.86.